The second-order valence-electron chi connectivity index (χ2n) is 2.46. The SMILES string of the molecule is OCCCCc1[c]nccc1. The van der Waals surface area contributed by atoms with Gasteiger partial charge in [0, 0.05) is 12.8 Å². The summed E-state index contributed by atoms with van der Waals surface area (Å²) in [6.45, 7) is 0.278. The van der Waals surface area contributed by atoms with Crippen LogP contribution in [0.3, 0.4) is 0 Å². The first-order chi connectivity index (χ1) is 5.43. The van der Waals surface area contributed by atoms with Crippen molar-refractivity contribution >= 4 is 0 Å². The Balaban J connectivity index is 2.28. The first kappa shape index (κ1) is 8.21. The molecule has 1 rings (SSSR count). The van der Waals surface area contributed by atoms with Crippen LogP contribution >= 0.6 is 0 Å². The molecule has 1 heterocycles. The minimum Gasteiger partial charge on any atom is -0.396 e. The number of aliphatic hydroxyl groups is 1. The lowest BCUT2D eigenvalue weighted by Gasteiger charge is -1.96. The highest BCUT2D eigenvalue weighted by molar-refractivity contribution is 5.06. The Labute approximate surface area is 66.9 Å². The molecule has 1 aromatic rings. The predicted octanol–water partition coefficient (Wildman–Crippen LogP) is 1.20. The van der Waals surface area contributed by atoms with E-state index in [9.17, 15) is 0 Å². The van der Waals surface area contributed by atoms with Crippen molar-refractivity contribution in [3.8, 4) is 0 Å². The average molecular weight is 150 g/mol. The van der Waals surface area contributed by atoms with Crippen molar-refractivity contribution in [3.05, 3.63) is 30.1 Å². The first-order valence-corrected chi connectivity index (χ1v) is 3.86. The molecule has 0 saturated heterocycles. The molecule has 0 bridgehead atoms. The summed E-state index contributed by atoms with van der Waals surface area (Å²) in [6, 6.07) is 3.91. The molecular formula is C9H12NO. The van der Waals surface area contributed by atoms with Crippen LogP contribution in [-0.4, -0.2) is 16.7 Å². The molecule has 59 valence electrons. The normalized spacial score (nSPS) is 9.91. The maximum Gasteiger partial charge on any atom is 0.0920 e. The van der Waals surface area contributed by atoms with Gasteiger partial charge in [-0.1, -0.05) is 6.07 Å². The van der Waals surface area contributed by atoms with Crippen molar-refractivity contribution in [2.45, 2.75) is 19.3 Å². The second-order valence-corrected chi connectivity index (χ2v) is 2.46. The van der Waals surface area contributed by atoms with Crippen LogP contribution in [0.2, 0.25) is 0 Å². The van der Waals surface area contributed by atoms with Crippen LogP contribution in [0.1, 0.15) is 18.4 Å². The average Bonchev–Trinajstić information content (AvgIpc) is 2.07. The van der Waals surface area contributed by atoms with Gasteiger partial charge in [0.05, 0.1) is 6.20 Å². The summed E-state index contributed by atoms with van der Waals surface area (Å²) in [5.41, 5.74) is 1.13. The number of aryl methyl sites for hydroxylation is 1. The van der Waals surface area contributed by atoms with Crippen molar-refractivity contribution in [2.75, 3.05) is 6.61 Å². The van der Waals surface area contributed by atoms with E-state index in [-0.39, 0.29) is 6.61 Å². The Morgan fingerprint density at radius 2 is 2.36 bits per heavy atom. The van der Waals surface area contributed by atoms with E-state index in [2.05, 4.69) is 11.2 Å². The molecule has 0 unspecified atom stereocenters. The summed E-state index contributed by atoms with van der Waals surface area (Å²) in [6.07, 6.45) is 7.46. The number of aromatic nitrogens is 1. The molecule has 0 fully saturated rings. The van der Waals surface area contributed by atoms with Gasteiger partial charge in [0.1, 0.15) is 0 Å². The lowest BCUT2D eigenvalue weighted by Crippen LogP contribution is -1.89. The van der Waals surface area contributed by atoms with E-state index in [1.807, 2.05) is 12.1 Å². The van der Waals surface area contributed by atoms with Gasteiger partial charge >= 0.3 is 0 Å². The third-order valence-corrected chi connectivity index (χ3v) is 1.52. The zero-order valence-electron chi connectivity index (χ0n) is 6.45. The number of nitrogens with zero attached hydrogens (tertiary/aromatic N) is 1. The molecule has 0 saturated carbocycles. The molecule has 1 aromatic heterocycles. The molecule has 0 spiro atoms. The van der Waals surface area contributed by atoms with Crippen LogP contribution in [0.4, 0.5) is 0 Å². The minimum atomic E-state index is 0.278. The van der Waals surface area contributed by atoms with Gasteiger partial charge in [-0.15, -0.1) is 0 Å². The molecule has 0 atom stereocenters. The summed E-state index contributed by atoms with van der Waals surface area (Å²) in [7, 11) is 0. The van der Waals surface area contributed by atoms with Crippen LogP contribution in [0.5, 0.6) is 0 Å². The molecule has 11 heavy (non-hydrogen) atoms. The van der Waals surface area contributed by atoms with E-state index in [1.54, 1.807) is 6.20 Å². The highest BCUT2D eigenvalue weighted by atomic mass is 16.2. The van der Waals surface area contributed by atoms with Gasteiger partial charge in [-0.3, -0.25) is 4.98 Å². The van der Waals surface area contributed by atoms with Crippen molar-refractivity contribution in [1.29, 1.82) is 0 Å². The molecule has 0 aliphatic carbocycles. The Kier molecular flexibility index (Phi) is 3.62. The van der Waals surface area contributed by atoms with E-state index in [0.29, 0.717) is 0 Å². The Morgan fingerprint density at radius 3 is 3.00 bits per heavy atom. The van der Waals surface area contributed by atoms with E-state index in [4.69, 9.17) is 5.11 Å². The summed E-state index contributed by atoms with van der Waals surface area (Å²) in [5, 5.41) is 8.52. The van der Waals surface area contributed by atoms with Gasteiger partial charge in [0.2, 0.25) is 0 Å². The van der Waals surface area contributed by atoms with Crippen molar-refractivity contribution in [2.24, 2.45) is 0 Å². The van der Waals surface area contributed by atoms with E-state index in [0.717, 1.165) is 24.8 Å². The number of hydrogen-bond acceptors (Lipinski definition) is 2. The van der Waals surface area contributed by atoms with Gasteiger partial charge in [0.15, 0.2) is 0 Å². The topological polar surface area (TPSA) is 33.1 Å². The van der Waals surface area contributed by atoms with E-state index in [1.165, 1.54) is 0 Å². The molecular weight excluding hydrogens is 138 g/mol. The third kappa shape index (κ3) is 3.14. The number of hydrogen-bond donors (Lipinski definition) is 1. The quantitative estimate of drug-likeness (QED) is 0.654. The van der Waals surface area contributed by atoms with Crippen molar-refractivity contribution in [3.63, 3.8) is 0 Å². The van der Waals surface area contributed by atoms with Gasteiger partial charge in [-0.2, -0.15) is 0 Å². The highest BCUT2D eigenvalue weighted by Crippen LogP contribution is 2.00. The highest BCUT2D eigenvalue weighted by Gasteiger charge is 1.91. The number of rotatable bonds is 4. The molecule has 1 radical (unpaired) electrons. The monoisotopic (exact) mass is 150 g/mol. The van der Waals surface area contributed by atoms with Crippen molar-refractivity contribution < 1.29 is 5.11 Å². The maximum atomic E-state index is 8.52. The number of unbranched alkanes of at least 4 members (excludes halogenated alkanes) is 1. The van der Waals surface area contributed by atoms with Gasteiger partial charge in [-0.25, -0.2) is 0 Å². The lowest BCUT2D eigenvalue weighted by atomic mass is 10.1. The Morgan fingerprint density at radius 1 is 1.45 bits per heavy atom. The fourth-order valence-corrected chi connectivity index (χ4v) is 0.926. The summed E-state index contributed by atoms with van der Waals surface area (Å²) in [5.74, 6) is 0. The summed E-state index contributed by atoms with van der Waals surface area (Å²) < 4.78 is 0. The van der Waals surface area contributed by atoms with Crippen LogP contribution in [0.25, 0.3) is 0 Å². The molecule has 0 aliphatic heterocycles. The molecule has 2 heteroatoms. The Bertz CT molecular complexity index is 186. The maximum absolute atomic E-state index is 8.52. The fourth-order valence-electron chi connectivity index (χ4n) is 0.926. The molecule has 0 aromatic carbocycles. The zero-order valence-corrected chi connectivity index (χ0v) is 6.45. The molecule has 2 nitrogen and oxygen atoms in total. The lowest BCUT2D eigenvalue weighted by molar-refractivity contribution is 0.284. The largest absolute Gasteiger partial charge is 0.396 e. The predicted molar refractivity (Wildman–Crippen MR) is 43.1 cm³/mol. The van der Waals surface area contributed by atoms with Crippen LogP contribution in [0.15, 0.2) is 18.3 Å². The first-order valence-electron chi connectivity index (χ1n) is 3.86. The second kappa shape index (κ2) is 4.85. The number of aliphatic hydroxyl groups excluding tert-OH is 1. The van der Waals surface area contributed by atoms with Crippen LogP contribution in [0, 0.1) is 6.20 Å². The smallest absolute Gasteiger partial charge is 0.0920 e. The standard InChI is InChI=1S/C9H12NO/c11-7-2-1-4-9-5-3-6-10-8-9/h3,5-6,11H,1-2,4,7H2. The van der Waals surface area contributed by atoms with E-state index >= 15 is 0 Å². The van der Waals surface area contributed by atoms with Gasteiger partial charge < -0.3 is 5.11 Å². The Hall–Kier alpha value is -0.890. The van der Waals surface area contributed by atoms with Crippen molar-refractivity contribution in [1.82, 2.24) is 4.98 Å². The summed E-state index contributed by atoms with van der Waals surface area (Å²) in [4.78, 5) is 3.88. The molecule has 0 amide bonds. The molecule has 0 aliphatic rings. The third-order valence-electron chi connectivity index (χ3n) is 1.52. The van der Waals surface area contributed by atoms with Gasteiger partial charge in [0.25, 0.3) is 0 Å². The number of pyridine rings is 1. The molecule has 1 N–H and O–H groups in total. The van der Waals surface area contributed by atoms with Gasteiger partial charge in [-0.05, 0) is 30.9 Å². The minimum absolute atomic E-state index is 0.278. The van der Waals surface area contributed by atoms with Crippen LogP contribution < -0.4 is 0 Å². The summed E-state index contributed by atoms with van der Waals surface area (Å²) >= 11 is 0. The van der Waals surface area contributed by atoms with Crippen LogP contribution in [-0.2, 0) is 6.42 Å². The van der Waals surface area contributed by atoms with E-state index < -0.39 is 0 Å². The zero-order chi connectivity index (χ0) is 7.94. The fraction of sp³-hybridized carbons (Fsp3) is 0.444.